The number of ether oxygens (including phenoxy) is 4. The first-order chi connectivity index (χ1) is 16.2. The van der Waals surface area contributed by atoms with E-state index in [0.717, 1.165) is 36.8 Å². The normalized spacial score (nSPS) is 22.6. The molecule has 33 heavy (non-hydrogen) atoms. The van der Waals surface area contributed by atoms with Crippen molar-refractivity contribution < 1.29 is 23.5 Å². The molecule has 2 aromatic carbocycles. The highest BCUT2D eigenvalue weighted by Gasteiger charge is 2.37. The van der Waals surface area contributed by atoms with Crippen molar-refractivity contribution in [1.29, 1.82) is 0 Å². The van der Waals surface area contributed by atoms with Crippen LogP contribution >= 0.6 is 9.47 Å². The summed E-state index contributed by atoms with van der Waals surface area (Å²) in [4.78, 5) is 0. The third-order valence-corrected chi connectivity index (χ3v) is 6.43. The molecule has 0 saturated carbocycles. The Morgan fingerprint density at radius 3 is 2.36 bits per heavy atom. The van der Waals surface area contributed by atoms with Crippen molar-refractivity contribution in [3.05, 3.63) is 60.2 Å². The molecular weight excluding hydrogens is 435 g/mol. The minimum Gasteiger partial charge on any atom is -0.374 e. The smallest absolute Gasteiger partial charge is 0.116 e. The SMILES string of the molecule is C=CC(OCCCC)C1OCc2cc3ccccc3cc2COCC(OP)[C@H]1OCCCC. The average molecular weight is 475 g/mol. The van der Waals surface area contributed by atoms with Gasteiger partial charge in [-0.2, -0.15) is 0 Å². The van der Waals surface area contributed by atoms with Gasteiger partial charge in [0.2, 0.25) is 0 Å². The largest absolute Gasteiger partial charge is 0.374 e. The number of benzene rings is 2. The summed E-state index contributed by atoms with van der Waals surface area (Å²) in [7, 11) is 2.37. The Balaban J connectivity index is 1.92. The molecule has 5 nitrogen and oxygen atoms in total. The Kier molecular flexibility index (Phi) is 11.3. The van der Waals surface area contributed by atoms with Crippen LogP contribution < -0.4 is 0 Å². The van der Waals surface area contributed by atoms with Crippen molar-refractivity contribution in [1.82, 2.24) is 0 Å². The standard InChI is InChI=1S/C27H39O5P/c1-4-7-13-29-24(6-3)26-27(30-14-8-5-2)25(32-33)19-28-17-22-15-20-11-9-10-12-21(20)16-23(22)18-31-26/h6,9-12,15-16,24-27H,3-5,7-8,13-14,17-19,33H2,1-2H3/t24?,25?,26?,27-/m1/s1. The number of fused-ring (bicyclic) bond motifs is 2. The van der Waals surface area contributed by atoms with E-state index in [-0.39, 0.29) is 24.4 Å². The topological polar surface area (TPSA) is 46.2 Å². The van der Waals surface area contributed by atoms with Crippen molar-refractivity contribution in [2.75, 3.05) is 19.8 Å². The number of hydrogen-bond donors (Lipinski definition) is 0. The summed E-state index contributed by atoms with van der Waals surface area (Å²) in [6.07, 6.45) is 4.56. The highest BCUT2D eigenvalue weighted by molar-refractivity contribution is 7.09. The van der Waals surface area contributed by atoms with Crippen LogP contribution in [0.25, 0.3) is 10.8 Å². The van der Waals surface area contributed by atoms with Crippen LogP contribution in [0.5, 0.6) is 0 Å². The van der Waals surface area contributed by atoms with Crippen LogP contribution in [-0.2, 0) is 36.7 Å². The van der Waals surface area contributed by atoms with E-state index in [4.69, 9.17) is 23.5 Å². The third kappa shape index (κ3) is 7.32. The van der Waals surface area contributed by atoms with Crippen molar-refractivity contribution in [3.8, 4) is 0 Å². The van der Waals surface area contributed by atoms with Crippen molar-refractivity contribution >= 4 is 20.2 Å². The summed E-state index contributed by atoms with van der Waals surface area (Å²) in [5.74, 6) is 0. The first-order valence-corrected chi connectivity index (χ1v) is 12.6. The zero-order chi connectivity index (χ0) is 23.5. The predicted molar refractivity (Wildman–Crippen MR) is 136 cm³/mol. The highest BCUT2D eigenvalue weighted by atomic mass is 31.0. The molecule has 0 amide bonds. The van der Waals surface area contributed by atoms with Gasteiger partial charge in [-0.25, -0.2) is 0 Å². The fraction of sp³-hybridized carbons (Fsp3) is 0.556. The molecule has 0 spiro atoms. The lowest BCUT2D eigenvalue weighted by atomic mass is 9.99. The lowest BCUT2D eigenvalue weighted by Crippen LogP contribution is -2.50. The van der Waals surface area contributed by atoms with Crippen LogP contribution in [-0.4, -0.2) is 44.2 Å². The van der Waals surface area contributed by atoms with Gasteiger partial charge in [0.1, 0.15) is 24.4 Å². The van der Waals surface area contributed by atoms with Gasteiger partial charge in [0, 0.05) is 22.7 Å². The van der Waals surface area contributed by atoms with Crippen molar-refractivity contribution in [3.63, 3.8) is 0 Å². The van der Waals surface area contributed by atoms with Crippen LogP contribution in [0.15, 0.2) is 49.1 Å². The Hall–Kier alpha value is -1.33. The molecular formula is C27H39O5P. The Morgan fingerprint density at radius 1 is 1.06 bits per heavy atom. The molecule has 0 aliphatic carbocycles. The number of rotatable bonds is 11. The molecule has 0 radical (unpaired) electrons. The Bertz CT molecular complexity index is 858. The lowest BCUT2D eigenvalue weighted by Gasteiger charge is -2.37. The molecule has 5 atom stereocenters. The van der Waals surface area contributed by atoms with Gasteiger partial charge in [-0.3, -0.25) is 0 Å². The van der Waals surface area contributed by atoms with Gasteiger partial charge in [-0.1, -0.05) is 57.0 Å². The van der Waals surface area contributed by atoms with Gasteiger partial charge in [0.05, 0.1) is 19.8 Å². The molecule has 182 valence electrons. The highest BCUT2D eigenvalue weighted by Crippen LogP contribution is 2.27. The second-order valence-corrected chi connectivity index (χ2v) is 8.82. The Morgan fingerprint density at radius 2 is 1.73 bits per heavy atom. The fourth-order valence-electron chi connectivity index (χ4n) is 4.10. The van der Waals surface area contributed by atoms with E-state index in [1.54, 1.807) is 0 Å². The molecule has 0 bridgehead atoms. The minimum atomic E-state index is -0.372. The van der Waals surface area contributed by atoms with E-state index in [1.165, 1.54) is 10.8 Å². The molecule has 0 aromatic heterocycles. The fourth-order valence-corrected chi connectivity index (χ4v) is 4.33. The van der Waals surface area contributed by atoms with E-state index in [2.05, 4.69) is 66.3 Å². The van der Waals surface area contributed by atoms with E-state index in [9.17, 15) is 0 Å². The maximum Gasteiger partial charge on any atom is 0.116 e. The quantitative estimate of drug-likeness (QED) is 0.228. The van der Waals surface area contributed by atoms with Crippen LogP contribution in [0.1, 0.15) is 50.7 Å². The average Bonchev–Trinajstić information content (AvgIpc) is 2.84. The third-order valence-electron chi connectivity index (χ3n) is 6.08. The minimum absolute atomic E-state index is 0.309. The molecule has 0 N–H and O–H groups in total. The first-order valence-electron chi connectivity index (χ1n) is 12.1. The van der Waals surface area contributed by atoms with Crippen LogP contribution in [0, 0.1) is 0 Å². The molecule has 1 heterocycles. The molecule has 1 aliphatic rings. The summed E-state index contributed by atoms with van der Waals surface area (Å²) in [5.41, 5.74) is 2.25. The molecule has 1 aliphatic heterocycles. The van der Waals surface area contributed by atoms with E-state index in [1.807, 2.05) is 6.08 Å². The van der Waals surface area contributed by atoms with Crippen LogP contribution in [0.4, 0.5) is 0 Å². The summed E-state index contributed by atoms with van der Waals surface area (Å²) in [6.45, 7) is 11.0. The lowest BCUT2D eigenvalue weighted by molar-refractivity contribution is -0.168. The van der Waals surface area contributed by atoms with Crippen LogP contribution in [0.3, 0.4) is 0 Å². The Labute approximate surface area is 201 Å². The van der Waals surface area contributed by atoms with E-state index < -0.39 is 0 Å². The monoisotopic (exact) mass is 474 g/mol. The second-order valence-electron chi connectivity index (χ2n) is 8.55. The summed E-state index contributed by atoms with van der Waals surface area (Å²) < 4.78 is 31.1. The van der Waals surface area contributed by atoms with Gasteiger partial charge >= 0.3 is 0 Å². The van der Waals surface area contributed by atoms with E-state index in [0.29, 0.717) is 33.0 Å². The zero-order valence-corrected chi connectivity index (χ0v) is 21.2. The number of hydrogen-bond acceptors (Lipinski definition) is 5. The molecule has 6 heteroatoms. The van der Waals surface area contributed by atoms with Gasteiger partial charge in [0.15, 0.2) is 0 Å². The maximum absolute atomic E-state index is 6.59. The molecule has 0 saturated heterocycles. The maximum atomic E-state index is 6.59. The van der Waals surface area contributed by atoms with Crippen molar-refractivity contribution in [2.45, 2.75) is 77.2 Å². The molecule has 0 fully saturated rings. The second kappa shape index (κ2) is 14.2. The summed E-state index contributed by atoms with van der Waals surface area (Å²) >= 11 is 0. The van der Waals surface area contributed by atoms with Gasteiger partial charge < -0.3 is 23.5 Å². The van der Waals surface area contributed by atoms with Crippen molar-refractivity contribution in [2.24, 2.45) is 0 Å². The van der Waals surface area contributed by atoms with Crippen LogP contribution in [0.2, 0.25) is 0 Å². The zero-order valence-electron chi connectivity index (χ0n) is 20.0. The molecule has 2 aromatic rings. The van der Waals surface area contributed by atoms with E-state index >= 15 is 0 Å². The van der Waals surface area contributed by atoms with Gasteiger partial charge in [-0.15, -0.1) is 6.58 Å². The molecule has 4 unspecified atom stereocenters. The van der Waals surface area contributed by atoms with Gasteiger partial charge in [0.25, 0.3) is 0 Å². The number of unbranched alkanes of at least 4 members (excludes halogenated alkanes) is 2. The molecule has 3 rings (SSSR count). The summed E-state index contributed by atoms with van der Waals surface area (Å²) in [6, 6.07) is 12.8. The first kappa shape index (κ1) is 26.3. The predicted octanol–water partition coefficient (Wildman–Crippen LogP) is 5.99. The van der Waals surface area contributed by atoms with Gasteiger partial charge in [-0.05, 0) is 46.9 Å². The summed E-state index contributed by atoms with van der Waals surface area (Å²) in [5, 5.41) is 2.38.